The predicted octanol–water partition coefficient (Wildman–Crippen LogP) is 10.5. The van der Waals surface area contributed by atoms with Crippen LogP contribution < -0.4 is 0 Å². The first-order chi connectivity index (χ1) is 15.8. The Morgan fingerprint density at radius 2 is 0.844 bits per heavy atom. The second-order valence-electron chi connectivity index (χ2n) is 9.78. The highest BCUT2D eigenvalue weighted by Gasteiger charge is 1.98. The molecule has 0 amide bonds. The van der Waals surface area contributed by atoms with Crippen LogP contribution in [0.25, 0.3) is 0 Å². The zero-order valence-corrected chi connectivity index (χ0v) is 22.1. The number of unbranched alkanes of at least 4 members (excludes halogenated alkanes) is 22. The molecule has 0 rings (SSSR count). The van der Waals surface area contributed by atoms with Crippen LogP contribution in [0.4, 0.5) is 0 Å². The summed E-state index contributed by atoms with van der Waals surface area (Å²) in [7, 11) is 0. The molecule has 0 aliphatic heterocycles. The molecule has 0 aromatic carbocycles. The average molecular weight is 451 g/mol. The summed E-state index contributed by atoms with van der Waals surface area (Å²) >= 11 is 0. The SMILES string of the molecule is CCCCCCCCCCCCCCCC=CC(=O)OCCCCCCCCCCCC. The van der Waals surface area contributed by atoms with Gasteiger partial charge in [0.25, 0.3) is 0 Å². The highest BCUT2D eigenvalue weighted by atomic mass is 16.5. The fourth-order valence-corrected chi connectivity index (χ4v) is 4.27. The number of hydrogen-bond acceptors (Lipinski definition) is 2. The van der Waals surface area contributed by atoms with Gasteiger partial charge in [0.05, 0.1) is 6.61 Å². The minimum atomic E-state index is -0.157. The van der Waals surface area contributed by atoms with Gasteiger partial charge in [0.2, 0.25) is 0 Å². The third-order valence-corrected chi connectivity index (χ3v) is 6.47. The highest BCUT2D eigenvalue weighted by molar-refractivity contribution is 5.81. The summed E-state index contributed by atoms with van der Waals surface area (Å²) in [5, 5.41) is 0. The lowest BCUT2D eigenvalue weighted by molar-refractivity contribution is -0.137. The lowest BCUT2D eigenvalue weighted by atomic mass is 10.0. The van der Waals surface area contributed by atoms with Crippen molar-refractivity contribution < 1.29 is 9.53 Å². The molecule has 0 aromatic heterocycles. The van der Waals surface area contributed by atoms with Crippen molar-refractivity contribution in [3.8, 4) is 0 Å². The van der Waals surface area contributed by atoms with E-state index >= 15 is 0 Å². The molecule has 2 heteroatoms. The van der Waals surface area contributed by atoms with Gasteiger partial charge in [-0.3, -0.25) is 0 Å². The predicted molar refractivity (Wildman–Crippen MR) is 142 cm³/mol. The zero-order valence-electron chi connectivity index (χ0n) is 22.1. The first-order valence-corrected chi connectivity index (χ1v) is 14.6. The number of carbonyl (C=O) groups is 1. The molecule has 0 aliphatic rings. The van der Waals surface area contributed by atoms with E-state index in [-0.39, 0.29) is 5.97 Å². The Labute approximate surface area is 202 Å². The molecule has 0 aliphatic carbocycles. The molecular weight excluding hydrogens is 392 g/mol. The molecule has 0 saturated heterocycles. The lowest BCUT2D eigenvalue weighted by Crippen LogP contribution is -2.02. The Kier molecular flexibility index (Phi) is 27.5. The van der Waals surface area contributed by atoms with Crippen molar-refractivity contribution in [2.45, 2.75) is 168 Å². The molecule has 0 fully saturated rings. The summed E-state index contributed by atoms with van der Waals surface area (Å²) in [5.41, 5.74) is 0. The molecule has 0 atom stereocenters. The number of allylic oxidation sites excluding steroid dienone is 1. The molecule has 0 bridgehead atoms. The van der Waals surface area contributed by atoms with Gasteiger partial charge in [0.15, 0.2) is 0 Å². The van der Waals surface area contributed by atoms with Crippen LogP contribution in [-0.2, 0) is 9.53 Å². The molecular formula is C30H58O2. The first-order valence-electron chi connectivity index (χ1n) is 14.6. The van der Waals surface area contributed by atoms with Crippen LogP contribution in [0.15, 0.2) is 12.2 Å². The van der Waals surface area contributed by atoms with E-state index in [1.165, 1.54) is 141 Å². The summed E-state index contributed by atoms with van der Waals surface area (Å²) in [5.74, 6) is -0.157. The molecule has 0 aromatic rings. The average Bonchev–Trinajstić information content (AvgIpc) is 2.80. The maximum Gasteiger partial charge on any atom is 0.330 e. The van der Waals surface area contributed by atoms with Gasteiger partial charge in [-0.1, -0.05) is 155 Å². The van der Waals surface area contributed by atoms with Crippen molar-refractivity contribution in [2.24, 2.45) is 0 Å². The number of hydrogen-bond donors (Lipinski definition) is 0. The Hall–Kier alpha value is -0.790. The summed E-state index contributed by atoms with van der Waals surface area (Å²) in [4.78, 5) is 11.7. The minimum absolute atomic E-state index is 0.157. The van der Waals surface area contributed by atoms with E-state index in [0.717, 1.165) is 12.8 Å². The molecule has 0 unspecified atom stereocenters. The van der Waals surface area contributed by atoms with E-state index in [1.54, 1.807) is 6.08 Å². The van der Waals surface area contributed by atoms with Crippen molar-refractivity contribution in [1.82, 2.24) is 0 Å². The maximum atomic E-state index is 11.7. The van der Waals surface area contributed by atoms with E-state index < -0.39 is 0 Å². The minimum Gasteiger partial charge on any atom is -0.463 e. The van der Waals surface area contributed by atoms with Gasteiger partial charge < -0.3 is 4.74 Å². The van der Waals surface area contributed by atoms with Crippen molar-refractivity contribution in [1.29, 1.82) is 0 Å². The van der Waals surface area contributed by atoms with Gasteiger partial charge >= 0.3 is 5.97 Å². The van der Waals surface area contributed by atoms with Gasteiger partial charge in [-0.05, 0) is 19.3 Å². The molecule has 0 N–H and O–H groups in total. The highest BCUT2D eigenvalue weighted by Crippen LogP contribution is 2.13. The third-order valence-electron chi connectivity index (χ3n) is 6.47. The summed E-state index contributed by atoms with van der Waals surface area (Å²) in [6.07, 6.45) is 35.7. The van der Waals surface area contributed by atoms with Gasteiger partial charge in [0, 0.05) is 6.08 Å². The van der Waals surface area contributed by atoms with Crippen LogP contribution in [0.5, 0.6) is 0 Å². The molecule has 190 valence electrons. The van der Waals surface area contributed by atoms with Crippen LogP contribution >= 0.6 is 0 Å². The van der Waals surface area contributed by atoms with Crippen LogP contribution in [0, 0.1) is 0 Å². The summed E-state index contributed by atoms with van der Waals surface area (Å²) in [6, 6.07) is 0. The number of carbonyl (C=O) groups excluding carboxylic acids is 1. The maximum absolute atomic E-state index is 11.7. The fourth-order valence-electron chi connectivity index (χ4n) is 4.27. The topological polar surface area (TPSA) is 26.3 Å². The van der Waals surface area contributed by atoms with Crippen molar-refractivity contribution in [3.05, 3.63) is 12.2 Å². The third kappa shape index (κ3) is 27.2. The summed E-state index contributed by atoms with van der Waals surface area (Å²) in [6.45, 7) is 5.13. The quantitative estimate of drug-likeness (QED) is 0.0744. The van der Waals surface area contributed by atoms with E-state index in [1.807, 2.05) is 6.08 Å². The van der Waals surface area contributed by atoms with E-state index in [9.17, 15) is 4.79 Å². The molecule has 0 radical (unpaired) electrons. The molecule has 0 heterocycles. The van der Waals surface area contributed by atoms with Gasteiger partial charge in [-0.15, -0.1) is 0 Å². The number of rotatable bonds is 26. The van der Waals surface area contributed by atoms with Crippen LogP contribution in [-0.4, -0.2) is 12.6 Å². The number of ether oxygens (including phenoxy) is 1. The second-order valence-corrected chi connectivity index (χ2v) is 9.78. The molecule has 0 saturated carbocycles. The van der Waals surface area contributed by atoms with Gasteiger partial charge in [-0.25, -0.2) is 4.79 Å². The fraction of sp³-hybridized carbons (Fsp3) is 0.900. The molecule has 2 nitrogen and oxygen atoms in total. The van der Waals surface area contributed by atoms with Crippen molar-refractivity contribution >= 4 is 5.97 Å². The Balaban J connectivity index is 3.22. The monoisotopic (exact) mass is 450 g/mol. The van der Waals surface area contributed by atoms with Crippen molar-refractivity contribution in [2.75, 3.05) is 6.61 Å². The van der Waals surface area contributed by atoms with Crippen LogP contribution in [0.1, 0.15) is 168 Å². The van der Waals surface area contributed by atoms with Gasteiger partial charge in [0.1, 0.15) is 0 Å². The lowest BCUT2D eigenvalue weighted by Gasteiger charge is -2.03. The number of esters is 1. The Bertz CT molecular complexity index is 388. The smallest absolute Gasteiger partial charge is 0.330 e. The van der Waals surface area contributed by atoms with E-state index in [2.05, 4.69) is 13.8 Å². The molecule has 0 spiro atoms. The van der Waals surface area contributed by atoms with Crippen LogP contribution in [0.3, 0.4) is 0 Å². The van der Waals surface area contributed by atoms with E-state index in [0.29, 0.717) is 6.61 Å². The second kappa shape index (κ2) is 28.2. The zero-order chi connectivity index (χ0) is 23.4. The van der Waals surface area contributed by atoms with E-state index in [4.69, 9.17) is 4.74 Å². The van der Waals surface area contributed by atoms with Gasteiger partial charge in [-0.2, -0.15) is 0 Å². The normalized spacial score (nSPS) is 11.4. The Morgan fingerprint density at radius 1 is 0.500 bits per heavy atom. The first kappa shape index (κ1) is 31.2. The molecule has 32 heavy (non-hydrogen) atoms. The Morgan fingerprint density at radius 3 is 1.25 bits per heavy atom. The standard InChI is InChI=1S/C30H58O2/c1-3-5-7-9-11-13-15-16-17-18-19-20-22-24-26-28-30(31)32-29-27-25-23-21-14-12-10-8-6-4-2/h26,28H,3-25,27,29H2,1-2H3. The van der Waals surface area contributed by atoms with Crippen LogP contribution in [0.2, 0.25) is 0 Å². The summed E-state index contributed by atoms with van der Waals surface area (Å²) < 4.78 is 5.31. The van der Waals surface area contributed by atoms with Crippen molar-refractivity contribution in [3.63, 3.8) is 0 Å². The largest absolute Gasteiger partial charge is 0.463 e.